The Morgan fingerprint density at radius 3 is 2.76 bits per heavy atom. The highest BCUT2D eigenvalue weighted by molar-refractivity contribution is 7.92. The van der Waals surface area contributed by atoms with Crippen molar-refractivity contribution in [2.24, 2.45) is 0 Å². The first-order valence-corrected chi connectivity index (χ1v) is 8.23. The lowest BCUT2D eigenvalue weighted by atomic mass is 10.3. The number of thiazole rings is 1. The molecular formula is C13H10FN3O2S2. The molecule has 3 rings (SSSR count). The van der Waals surface area contributed by atoms with Crippen LogP contribution in [0.1, 0.15) is 0 Å². The lowest BCUT2D eigenvalue weighted by molar-refractivity contribution is 0.596. The normalized spacial score (nSPS) is 11.7. The molecule has 0 aliphatic heterocycles. The topological polar surface area (TPSA) is 85.1 Å². The van der Waals surface area contributed by atoms with Crippen molar-refractivity contribution in [2.75, 3.05) is 10.5 Å². The molecule has 0 saturated carbocycles. The second-order valence-corrected chi connectivity index (χ2v) is 6.89. The summed E-state index contributed by atoms with van der Waals surface area (Å²) in [4.78, 5) is 3.93. The van der Waals surface area contributed by atoms with Crippen LogP contribution in [0, 0.1) is 5.82 Å². The van der Waals surface area contributed by atoms with Gasteiger partial charge in [0.1, 0.15) is 5.82 Å². The van der Waals surface area contributed by atoms with Gasteiger partial charge in [0.25, 0.3) is 10.0 Å². The number of nitrogens with two attached hydrogens (primary N) is 1. The van der Waals surface area contributed by atoms with Crippen LogP contribution in [0.5, 0.6) is 0 Å². The zero-order valence-corrected chi connectivity index (χ0v) is 12.2. The molecule has 21 heavy (non-hydrogen) atoms. The van der Waals surface area contributed by atoms with Gasteiger partial charge in [-0.05, 0) is 36.4 Å². The van der Waals surface area contributed by atoms with Gasteiger partial charge in [-0.1, -0.05) is 0 Å². The summed E-state index contributed by atoms with van der Waals surface area (Å²) in [5, 5.41) is 0. The van der Waals surface area contributed by atoms with Crippen molar-refractivity contribution in [3.05, 3.63) is 47.7 Å². The van der Waals surface area contributed by atoms with Crippen molar-refractivity contribution < 1.29 is 12.8 Å². The van der Waals surface area contributed by atoms with Gasteiger partial charge in [-0.25, -0.2) is 17.8 Å². The molecule has 8 heteroatoms. The third-order valence-corrected chi connectivity index (χ3v) is 5.04. The second-order valence-electron chi connectivity index (χ2n) is 4.32. The SMILES string of the molecule is Nc1ccc(S(=O)(=O)Nc2ccc3ncsc3c2)cc1F. The zero-order valence-electron chi connectivity index (χ0n) is 10.6. The van der Waals surface area contributed by atoms with Crippen LogP contribution >= 0.6 is 11.3 Å². The first kappa shape index (κ1) is 13.8. The molecule has 0 bridgehead atoms. The summed E-state index contributed by atoms with van der Waals surface area (Å²) in [6.07, 6.45) is 0. The van der Waals surface area contributed by atoms with Crippen molar-refractivity contribution in [1.82, 2.24) is 4.98 Å². The molecule has 3 N–H and O–H groups in total. The van der Waals surface area contributed by atoms with Crippen molar-refractivity contribution >= 4 is 43.0 Å². The fraction of sp³-hybridized carbons (Fsp3) is 0. The minimum Gasteiger partial charge on any atom is -0.396 e. The highest BCUT2D eigenvalue weighted by Gasteiger charge is 2.16. The number of anilines is 2. The van der Waals surface area contributed by atoms with Crippen LogP contribution in [0.4, 0.5) is 15.8 Å². The minimum absolute atomic E-state index is 0.0972. The van der Waals surface area contributed by atoms with Crippen LogP contribution in [0.3, 0.4) is 0 Å². The molecule has 0 saturated heterocycles. The maximum atomic E-state index is 13.4. The Kier molecular flexibility index (Phi) is 3.26. The van der Waals surface area contributed by atoms with Crippen LogP contribution in [0.25, 0.3) is 10.2 Å². The maximum absolute atomic E-state index is 13.4. The molecule has 1 aromatic heterocycles. The summed E-state index contributed by atoms with van der Waals surface area (Å²) in [5.74, 6) is -0.768. The molecule has 3 aromatic rings. The smallest absolute Gasteiger partial charge is 0.261 e. The second kappa shape index (κ2) is 4.97. The Bertz CT molecular complexity index is 922. The monoisotopic (exact) mass is 323 g/mol. The van der Waals surface area contributed by atoms with Gasteiger partial charge in [0.05, 0.1) is 32.0 Å². The first-order valence-electron chi connectivity index (χ1n) is 5.87. The molecule has 0 fully saturated rings. The molecule has 0 atom stereocenters. The highest BCUT2D eigenvalue weighted by Crippen LogP contribution is 2.24. The summed E-state index contributed by atoms with van der Waals surface area (Å²) in [5.41, 5.74) is 8.11. The fourth-order valence-electron chi connectivity index (χ4n) is 1.81. The highest BCUT2D eigenvalue weighted by atomic mass is 32.2. The molecule has 5 nitrogen and oxygen atoms in total. The largest absolute Gasteiger partial charge is 0.396 e. The number of nitrogens with one attached hydrogen (secondary N) is 1. The van der Waals surface area contributed by atoms with Gasteiger partial charge in [-0.2, -0.15) is 0 Å². The molecule has 2 aromatic carbocycles. The lowest BCUT2D eigenvalue weighted by Crippen LogP contribution is -2.13. The number of fused-ring (bicyclic) bond motifs is 1. The number of nitrogen functional groups attached to an aromatic ring is 1. The Hall–Kier alpha value is -2.19. The average molecular weight is 323 g/mol. The van der Waals surface area contributed by atoms with E-state index in [0.29, 0.717) is 5.69 Å². The Labute approximate surface area is 124 Å². The maximum Gasteiger partial charge on any atom is 0.261 e. The number of benzene rings is 2. The third-order valence-electron chi connectivity index (χ3n) is 2.87. The summed E-state index contributed by atoms with van der Waals surface area (Å²) >= 11 is 1.41. The summed E-state index contributed by atoms with van der Waals surface area (Å²) in [7, 11) is -3.87. The number of aromatic nitrogens is 1. The summed E-state index contributed by atoms with van der Waals surface area (Å²) in [6, 6.07) is 8.36. The molecule has 1 heterocycles. The van der Waals surface area contributed by atoms with E-state index >= 15 is 0 Å². The number of rotatable bonds is 3. The lowest BCUT2D eigenvalue weighted by Gasteiger charge is -2.08. The molecule has 0 amide bonds. The van der Waals surface area contributed by atoms with Crippen LogP contribution < -0.4 is 10.5 Å². The van der Waals surface area contributed by atoms with E-state index in [1.165, 1.54) is 23.5 Å². The van der Waals surface area contributed by atoms with Gasteiger partial charge < -0.3 is 5.73 Å². The standard InChI is InChI=1S/C13H10FN3O2S2/c14-10-6-9(2-3-11(10)15)21(18,19)17-8-1-4-12-13(5-8)20-7-16-12/h1-7,17H,15H2. The van der Waals surface area contributed by atoms with E-state index in [2.05, 4.69) is 9.71 Å². The number of hydrogen-bond acceptors (Lipinski definition) is 5. The number of sulfonamides is 1. The zero-order chi connectivity index (χ0) is 15.0. The van der Waals surface area contributed by atoms with Crippen LogP contribution in [-0.4, -0.2) is 13.4 Å². The van der Waals surface area contributed by atoms with Crippen LogP contribution in [-0.2, 0) is 10.0 Å². The van der Waals surface area contributed by atoms with Gasteiger partial charge in [-0.15, -0.1) is 11.3 Å². The molecule has 0 spiro atoms. The van der Waals surface area contributed by atoms with Crippen LogP contribution in [0.15, 0.2) is 46.8 Å². The molecule has 0 radical (unpaired) electrons. The number of hydrogen-bond donors (Lipinski definition) is 2. The van der Waals surface area contributed by atoms with Gasteiger partial charge in [0, 0.05) is 0 Å². The summed E-state index contributed by atoms with van der Waals surface area (Å²) in [6.45, 7) is 0. The predicted octanol–water partition coefficient (Wildman–Crippen LogP) is 2.82. The minimum atomic E-state index is -3.87. The van der Waals surface area contributed by atoms with Crippen LogP contribution in [0.2, 0.25) is 0 Å². The number of halogens is 1. The van der Waals surface area contributed by atoms with E-state index in [9.17, 15) is 12.8 Å². The quantitative estimate of drug-likeness (QED) is 0.726. The van der Waals surface area contributed by atoms with Crippen molar-refractivity contribution in [3.63, 3.8) is 0 Å². The fourth-order valence-corrected chi connectivity index (χ4v) is 3.58. The Balaban J connectivity index is 1.96. The van der Waals surface area contributed by atoms with E-state index in [-0.39, 0.29) is 10.6 Å². The van der Waals surface area contributed by atoms with Crippen molar-refractivity contribution in [3.8, 4) is 0 Å². The van der Waals surface area contributed by atoms with E-state index < -0.39 is 15.8 Å². The third kappa shape index (κ3) is 2.67. The Morgan fingerprint density at radius 2 is 2.00 bits per heavy atom. The molecule has 0 unspecified atom stereocenters. The Morgan fingerprint density at radius 1 is 1.19 bits per heavy atom. The van der Waals surface area contributed by atoms with Gasteiger partial charge in [-0.3, -0.25) is 4.72 Å². The molecule has 0 aliphatic rings. The summed E-state index contributed by atoms with van der Waals surface area (Å²) < 4.78 is 41.1. The van der Waals surface area contributed by atoms with Gasteiger partial charge in [0.2, 0.25) is 0 Å². The van der Waals surface area contributed by atoms with Gasteiger partial charge >= 0.3 is 0 Å². The average Bonchev–Trinajstić information content (AvgIpc) is 2.88. The van der Waals surface area contributed by atoms with Crippen molar-refractivity contribution in [2.45, 2.75) is 4.90 Å². The number of nitrogens with zero attached hydrogens (tertiary/aromatic N) is 1. The van der Waals surface area contributed by atoms with Crippen molar-refractivity contribution in [1.29, 1.82) is 0 Å². The van der Waals surface area contributed by atoms with E-state index in [0.717, 1.165) is 16.3 Å². The molecule has 0 aliphatic carbocycles. The van der Waals surface area contributed by atoms with E-state index in [1.54, 1.807) is 23.7 Å². The van der Waals surface area contributed by atoms with E-state index in [4.69, 9.17) is 5.73 Å². The first-order chi connectivity index (χ1) is 9.95. The van der Waals surface area contributed by atoms with E-state index in [1.807, 2.05) is 0 Å². The van der Waals surface area contributed by atoms with Gasteiger partial charge in [0.15, 0.2) is 0 Å². The molecule has 108 valence electrons. The predicted molar refractivity (Wildman–Crippen MR) is 81.2 cm³/mol. The molecular weight excluding hydrogens is 313 g/mol.